The van der Waals surface area contributed by atoms with Gasteiger partial charge in [0.2, 0.25) is 7.37 Å². The summed E-state index contributed by atoms with van der Waals surface area (Å²) in [5.74, 6) is -0.0482. The third-order valence-corrected chi connectivity index (χ3v) is 5.80. The molecule has 4 nitrogen and oxygen atoms in total. The summed E-state index contributed by atoms with van der Waals surface area (Å²) in [6.07, 6.45) is 1.02. The average molecular weight is 257 g/mol. The van der Waals surface area contributed by atoms with E-state index in [9.17, 15) is 19.7 Å². The van der Waals surface area contributed by atoms with E-state index >= 15 is 0 Å². The molecule has 1 aliphatic carbocycles. The first-order chi connectivity index (χ1) is 6.97. The molecular formula is C9H18ClO4P. The minimum atomic E-state index is -3.48. The van der Waals surface area contributed by atoms with Gasteiger partial charge in [-0.25, -0.2) is 0 Å². The molecule has 0 aromatic rings. The van der Waals surface area contributed by atoms with E-state index in [1.807, 2.05) is 0 Å². The van der Waals surface area contributed by atoms with Crippen molar-refractivity contribution in [2.75, 3.05) is 12.0 Å². The number of halogens is 1. The van der Waals surface area contributed by atoms with Crippen molar-refractivity contribution in [2.45, 2.75) is 43.6 Å². The third kappa shape index (κ3) is 3.72. The zero-order chi connectivity index (χ0) is 11.5. The first-order valence-corrected chi connectivity index (χ1v) is 7.66. The summed E-state index contributed by atoms with van der Waals surface area (Å²) in [5.41, 5.74) is -0.580. The molecule has 4 atom stereocenters. The van der Waals surface area contributed by atoms with Crippen LogP contribution in [0, 0.1) is 0 Å². The van der Waals surface area contributed by atoms with Crippen LogP contribution in [0.2, 0.25) is 0 Å². The first-order valence-electron chi connectivity index (χ1n) is 5.21. The number of rotatable bonds is 4. The van der Waals surface area contributed by atoms with Gasteiger partial charge in [-0.3, -0.25) is 4.57 Å². The Kier molecular flexibility index (Phi) is 5.07. The molecule has 0 aliphatic heterocycles. The molecule has 0 spiro atoms. The van der Waals surface area contributed by atoms with Crippen molar-refractivity contribution >= 4 is 19.0 Å². The number of hydrogen-bond acceptors (Lipinski definition) is 3. The molecule has 1 rings (SSSR count). The highest BCUT2D eigenvalue weighted by Gasteiger charge is 2.39. The van der Waals surface area contributed by atoms with Crippen molar-refractivity contribution < 1.29 is 19.7 Å². The van der Waals surface area contributed by atoms with Gasteiger partial charge >= 0.3 is 0 Å². The summed E-state index contributed by atoms with van der Waals surface area (Å²) < 4.78 is 11.9. The molecule has 3 N–H and O–H groups in total. The van der Waals surface area contributed by atoms with Gasteiger partial charge in [0.1, 0.15) is 0 Å². The summed E-state index contributed by atoms with van der Waals surface area (Å²) in [7, 11) is -3.48. The monoisotopic (exact) mass is 256 g/mol. The lowest BCUT2D eigenvalue weighted by Gasteiger charge is -2.31. The van der Waals surface area contributed by atoms with Gasteiger partial charge in [-0.05, 0) is 12.8 Å². The van der Waals surface area contributed by atoms with Crippen molar-refractivity contribution in [3.63, 3.8) is 0 Å². The van der Waals surface area contributed by atoms with Crippen LogP contribution in [0.5, 0.6) is 0 Å². The molecule has 90 valence electrons. The van der Waals surface area contributed by atoms with Crippen molar-refractivity contribution in [1.82, 2.24) is 0 Å². The van der Waals surface area contributed by atoms with Crippen LogP contribution >= 0.6 is 19.0 Å². The standard InChI is InChI=1S/C9H18ClO4P/c10-5-7(11)6-15(13,14)9-4-2-1-3-8(9)12/h7-9,11-12H,1-6H2,(H,13,14). The number of alkyl halides is 1. The Balaban J connectivity index is 2.62. The van der Waals surface area contributed by atoms with Crippen LogP contribution in [0.15, 0.2) is 0 Å². The topological polar surface area (TPSA) is 77.8 Å². The highest BCUT2D eigenvalue weighted by molar-refractivity contribution is 7.58. The lowest BCUT2D eigenvalue weighted by atomic mass is 9.97. The van der Waals surface area contributed by atoms with Gasteiger partial charge < -0.3 is 15.1 Å². The van der Waals surface area contributed by atoms with Crippen molar-refractivity contribution in [3.05, 3.63) is 0 Å². The maximum atomic E-state index is 11.9. The van der Waals surface area contributed by atoms with E-state index in [-0.39, 0.29) is 12.0 Å². The van der Waals surface area contributed by atoms with Gasteiger partial charge in [0, 0.05) is 5.88 Å². The molecule has 0 bridgehead atoms. The van der Waals surface area contributed by atoms with Gasteiger partial charge in [-0.15, -0.1) is 11.6 Å². The molecule has 1 saturated carbocycles. The second kappa shape index (κ2) is 5.65. The highest BCUT2D eigenvalue weighted by atomic mass is 35.5. The SMILES string of the molecule is O=P(O)(CC(O)CCl)C1CCCCC1O. The highest BCUT2D eigenvalue weighted by Crippen LogP contribution is 2.52. The fourth-order valence-electron chi connectivity index (χ4n) is 2.05. The van der Waals surface area contributed by atoms with Gasteiger partial charge in [-0.2, -0.15) is 0 Å². The van der Waals surface area contributed by atoms with E-state index in [0.717, 1.165) is 12.8 Å². The summed E-state index contributed by atoms with van der Waals surface area (Å²) in [6, 6.07) is 0. The van der Waals surface area contributed by atoms with Gasteiger partial charge in [-0.1, -0.05) is 12.8 Å². The molecule has 0 heterocycles. The molecule has 6 heteroatoms. The molecule has 15 heavy (non-hydrogen) atoms. The van der Waals surface area contributed by atoms with Crippen molar-refractivity contribution in [1.29, 1.82) is 0 Å². The van der Waals surface area contributed by atoms with Crippen LogP contribution in [0.1, 0.15) is 25.7 Å². The molecule has 0 aromatic heterocycles. The fourth-order valence-corrected chi connectivity index (χ4v) is 4.59. The Morgan fingerprint density at radius 3 is 2.53 bits per heavy atom. The number of aliphatic hydroxyl groups is 2. The number of aliphatic hydroxyl groups excluding tert-OH is 2. The van der Waals surface area contributed by atoms with Crippen LogP contribution in [0.25, 0.3) is 0 Å². The molecule has 0 aromatic carbocycles. The largest absolute Gasteiger partial charge is 0.392 e. The molecule has 0 saturated heterocycles. The zero-order valence-electron chi connectivity index (χ0n) is 8.55. The Hall–Kier alpha value is 0.400. The minimum Gasteiger partial charge on any atom is -0.392 e. The van der Waals surface area contributed by atoms with E-state index in [2.05, 4.69) is 0 Å². The van der Waals surface area contributed by atoms with E-state index in [0.29, 0.717) is 12.8 Å². The predicted molar refractivity (Wildman–Crippen MR) is 59.7 cm³/mol. The van der Waals surface area contributed by atoms with Crippen LogP contribution in [-0.4, -0.2) is 45.0 Å². The predicted octanol–water partition coefficient (Wildman–Crippen LogP) is 1.16. The molecule has 1 fully saturated rings. The van der Waals surface area contributed by atoms with Gasteiger partial charge in [0.25, 0.3) is 0 Å². The van der Waals surface area contributed by atoms with Crippen LogP contribution in [-0.2, 0) is 4.57 Å². The third-order valence-electron chi connectivity index (χ3n) is 2.86. The molecule has 0 radical (unpaired) electrons. The lowest BCUT2D eigenvalue weighted by Crippen LogP contribution is -2.32. The Labute approximate surface area is 94.7 Å². The van der Waals surface area contributed by atoms with Gasteiger partial charge in [0.15, 0.2) is 0 Å². The van der Waals surface area contributed by atoms with Gasteiger partial charge in [0.05, 0.1) is 24.0 Å². The van der Waals surface area contributed by atoms with E-state index in [1.165, 1.54) is 0 Å². The smallest absolute Gasteiger partial charge is 0.208 e. The maximum Gasteiger partial charge on any atom is 0.208 e. The Bertz CT molecular complexity index is 248. The van der Waals surface area contributed by atoms with Crippen LogP contribution in [0.3, 0.4) is 0 Å². The van der Waals surface area contributed by atoms with E-state index in [4.69, 9.17) is 11.6 Å². The molecular weight excluding hydrogens is 239 g/mol. The van der Waals surface area contributed by atoms with Crippen molar-refractivity contribution in [2.24, 2.45) is 0 Å². The average Bonchev–Trinajstić information content (AvgIpc) is 2.17. The normalized spacial score (nSPS) is 33.3. The minimum absolute atomic E-state index is 0.0482. The van der Waals surface area contributed by atoms with E-state index in [1.54, 1.807) is 0 Å². The summed E-state index contributed by atoms with van der Waals surface area (Å²) in [6.45, 7) is 0. The lowest BCUT2D eigenvalue weighted by molar-refractivity contribution is 0.127. The quantitative estimate of drug-likeness (QED) is 0.521. The zero-order valence-corrected chi connectivity index (χ0v) is 10.2. The Morgan fingerprint density at radius 1 is 1.40 bits per heavy atom. The number of hydrogen-bond donors (Lipinski definition) is 3. The Morgan fingerprint density at radius 2 is 2.00 bits per heavy atom. The summed E-state index contributed by atoms with van der Waals surface area (Å²) >= 11 is 5.39. The summed E-state index contributed by atoms with van der Waals surface area (Å²) in [4.78, 5) is 9.79. The summed E-state index contributed by atoms with van der Waals surface area (Å²) in [5, 5.41) is 18.9. The fraction of sp³-hybridized carbons (Fsp3) is 1.00. The molecule has 1 aliphatic rings. The second-order valence-corrected chi connectivity index (χ2v) is 7.01. The van der Waals surface area contributed by atoms with Crippen LogP contribution in [0.4, 0.5) is 0 Å². The van der Waals surface area contributed by atoms with Crippen molar-refractivity contribution in [3.8, 4) is 0 Å². The van der Waals surface area contributed by atoms with Crippen LogP contribution < -0.4 is 0 Å². The second-order valence-electron chi connectivity index (χ2n) is 4.17. The first kappa shape index (κ1) is 13.5. The maximum absolute atomic E-state index is 11.9. The molecule has 4 unspecified atom stereocenters. The van der Waals surface area contributed by atoms with E-state index < -0.39 is 25.2 Å². The molecule has 0 amide bonds.